The van der Waals surface area contributed by atoms with Crippen LogP contribution in [0.1, 0.15) is 5.56 Å². The van der Waals surface area contributed by atoms with E-state index in [2.05, 4.69) is 0 Å². The third-order valence-electron chi connectivity index (χ3n) is 1.98. The molecular weight excluding hydrogens is 200 g/mol. The van der Waals surface area contributed by atoms with Gasteiger partial charge in [0.2, 0.25) is 0 Å². The molecule has 78 valence electrons. The average molecular weight is 214 g/mol. The van der Waals surface area contributed by atoms with E-state index in [1.54, 1.807) is 25.1 Å². The third kappa shape index (κ3) is 2.56. The smallest absolute Gasteiger partial charge is 0.180 e. The van der Waals surface area contributed by atoms with Gasteiger partial charge in [0, 0.05) is 7.11 Å². The van der Waals surface area contributed by atoms with Gasteiger partial charge in [0.25, 0.3) is 0 Å². The fourth-order valence-electron chi connectivity index (χ4n) is 1.21. The molecule has 0 N–H and O–H groups in total. The summed E-state index contributed by atoms with van der Waals surface area (Å²) in [6, 6.07) is 6.97. The minimum absolute atomic E-state index is 0.0361. The molecule has 3 nitrogen and oxygen atoms in total. The lowest BCUT2D eigenvalue weighted by atomic mass is 10.2. The lowest BCUT2D eigenvalue weighted by Gasteiger charge is -2.06. The highest BCUT2D eigenvalue weighted by Crippen LogP contribution is 2.15. The number of ether oxygens (including phenoxy) is 1. The number of hydrogen-bond donors (Lipinski definition) is 0. The number of aryl methyl sites for hydroxylation is 1. The van der Waals surface area contributed by atoms with Crippen molar-refractivity contribution in [3.63, 3.8) is 0 Å². The highest BCUT2D eigenvalue weighted by Gasteiger charge is 2.15. The summed E-state index contributed by atoms with van der Waals surface area (Å²) in [7, 11) is -1.68. The van der Waals surface area contributed by atoms with Crippen LogP contribution in [0.3, 0.4) is 0 Å². The summed E-state index contributed by atoms with van der Waals surface area (Å²) < 4.78 is 28.2. The van der Waals surface area contributed by atoms with Crippen LogP contribution in [0.25, 0.3) is 0 Å². The molecule has 0 aliphatic rings. The van der Waals surface area contributed by atoms with E-state index in [-0.39, 0.29) is 12.4 Å². The number of benzene rings is 1. The first-order valence-corrected chi connectivity index (χ1v) is 6.00. The number of methoxy groups -OCH3 is 1. The van der Waals surface area contributed by atoms with Gasteiger partial charge in [-0.1, -0.05) is 18.2 Å². The standard InChI is InChI=1S/C10H14O3S/c1-9-5-3-4-6-10(9)14(11,12)8-7-13-2/h3-6H,7-8H2,1-2H3. The van der Waals surface area contributed by atoms with Gasteiger partial charge in [-0.05, 0) is 18.6 Å². The van der Waals surface area contributed by atoms with E-state index in [1.165, 1.54) is 7.11 Å². The second-order valence-corrected chi connectivity index (χ2v) is 5.15. The highest BCUT2D eigenvalue weighted by molar-refractivity contribution is 7.91. The van der Waals surface area contributed by atoms with Crippen LogP contribution in [0.4, 0.5) is 0 Å². The summed E-state index contributed by atoms with van der Waals surface area (Å²) in [6.07, 6.45) is 0. The first kappa shape index (κ1) is 11.2. The van der Waals surface area contributed by atoms with Crippen LogP contribution in [0, 0.1) is 6.92 Å². The molecule has 0 heterocycles. The molecule has 0 aliphatic heterocycles. The molecule has 1 aromatic carbocycles. The molecule has 0 radical (unpaired) electrons. The maximum absolute atomic E-state index is 11.7. The summed E-state index contributed by atoms with van der Waals surface area (Å²) in [6.45, 7) is 2.02. The maximum atomic E-state index is 11.7. The van der Waals surface area contributed by atoms with Gasteiger partial charge in [0.05, 0.1) is 17.3 Å². The summed E-state index contributed by atoms with van der Waals surface area (Å²) in [4.78, 5) is 0.400. The maximum Gasteiger partial charge on any atom is 0.180 e. The quantitative estimate of drug-likeness (QED) is 0.761. The van der Waals surface area contributed by atoms with Crippen molar-refractivity contribution in [1.82, 2.24) is 0 Å². The summed E-state index contributed by atoms with van der Waals surface area (Å²) in [5, 5.41) is 0. The van der Waals surface area contributed by atoms with Gasteiger partial charge in [-0.2, -0.15) is 0 Å². The SMILES string of the molecule is COCCS(=O)(=O)c1ccccc1C. The first-order valence-electron chi connectivity index (χ1n) is 4.35. The van der Waals surface area contributed by atoms with Gasteiger partial charge in [-0.25, -0.2) is 8.42 Å². The number of hydrogen-bond acceptors (Lipinski definition) is 3. The van der Waals surface area contributed by atoms with Gasteiger partial charge in [-0.3, -0.25) is 0 Å². The lowest BCUT2D eigenvalue weighted by Crippen LogP contribution is -2.12. The highest BCUT2D eigenvalue weighted by atomic mass is 32.2. The van der Waals surface area contributed by atoms with Crippen molar-refractivity contribution in [2.24, 2.45) is 0 Å². The molecule has 1 aromatic rings. The Morgan fingerprint density at radius 2 is 1.93 bits per heavy atom. The van der Waals surface area contributed by atoms with Gasteiger partial charge in [0.15, 0.2) is 9.84 Å². The van der Waals surface area contributed by atoms with Crippen molar-refractivity contribution in [2.75, 3.05) is 19.5 Å². The van der Waals surface area contributed by atoms with E-state index in [9.17, 15) is 8.42 Å². The Hall–Kier alpha value is -0.870. The number of sulfone groups is 1. The molecule has 0 unspecified atom stereocenters. The van der Waals surface area contributed by atoms with Crippen molar-refractivity contribution < 1.29 is 13.2 Å². The second-order valence-electron chi connectivity index (χ2n) is 3.08. The van der Waals surface area contributed by atoms with E-state index in [1.807, 2.05) is 6.07 Å². The van der Waals surface area contributed by atoms with Crippen LogP contribution in [-0.4, -0.2) is 27.9 Å². The molecule has 0 amide bonds. The van der Waals surface area contributed by atoms with Gasteiger partial charge >= 0.3 is 0 Å². The zero-order valence-electron chi connectivity index (χ0n) is 8.36. The van der Waals surface area contributed by atoms with Crippen LogP contribution >= 0.6 is 0 Å². The van der Waals surface area contributed by atoms with E-state index in [0.717, 1.165) is 5.56 Å². The third-order valence-corrected chi connectivity index (χ3v) is 3.82. The molecule has 0 spiro atoms. The summed E-state index contributed by atoms with van der Waals surface area (Å²) in [5.74, 6) is 0.0361. The fraction of sp³-hybridized carbons (Fsp3) is 0.400. The first-order chi connectivity index (χ1) is 6.58. The Labute approximate surface area is 84.6 Å². The Bertz CT molecular complexity index is 396. The van der Waals surface area contributed by atoms with E-state index in [4.69, 9.17) is 4.74 Å². The predicted octanol–water partition coefficient (Wildman–Crippen LogP) is 1.42. The van der Waals surface area contributed by atoms with Gasteiger partial charge < -0.3 is 4.74 Å². The largest absolute Gasteiger partial charge is 0.384 e. The molecule has 14 heavy (non-hydrogen) atoms. The van der Waals surface area contributed by atoms with Gasteiger partial charge in [-0.15, -0.1) is 0 Å². The Kier molecular flexibility index (Phi) is 3.66. The minimum atomic E-state index is -3.18. The molecule has 0 saturated carbocycles. The second kappa shape index (κ2) is 4.57. The lowest BCUT2D eigenvalue weighted by molar-refractivity contribution is 0.217. The monoisotopic (exact) mass is 214 g/mol. The molecule has 0 atom stereocenters. The topological polar surface area (TPSA) is 43.4 Å². The Balaban J connectivity index is 2.99. The minimum Gasteiger partial charge on any atom is -0.384 e. The Morgan fingerprint density at radius 3 is 2.50 bits per heavy atom. The molecule has 0 fully saturated rings. The fourth-order valence-corrected chi connectivity index (χ4v) is 2.66. The van der Waals surface area contributed by atoms with Crippen LogP contribution in [0.15, 0.2) is 29.2 Å². The van der Waals surface area contributed by atoms with Crippen molar-refractivity contribution in [3.8, 4) is 0 Å². The van der Waals surface area contributed by atoms with Crippen LogP contribution in [0.2, 0.25) is 0 Å². The van der Waals surface area contributed by atoms with Crippen LogP contribution < -0.4 is 0 Å². The van der Waals surface area contributed by atoms with Crippen molar-refractivity contribution in [2.45, 2.75) is 11.8 Å². The van der Waals surface area contributed by atoms with Crippen LogP contribution in [-0.2, 0) is 14.6 Å². The van der Waals surface area contributed by atoms with E-state index >= 15 is 0 Å². The molecule has 0 saturated heterocycles. The zero-order chi connectivity index (χ0) is 10.6. The normalized spacial score (nSPS) is 11.6. The zero-order valence-corrected chi connectivity index (χ0v) is 9.17. The predicted molar refractivity (Wildman–Crippen MR) is 55.1 cm³/mol. The van der Waals surface area contributed by atoms with Crippen molar-refractivity contribution in [3.05, 3.63) is 29.8 Å². The van der Waals surface area contributed by atoms with Crippen molar-refractivity contribution >= 4 is 9.84 Å². The summed E-state index contributed by atoms with van der Waals surface area (Å²) in [5.41, 5.74) is 0.781. The molecule has 0 aromatic heterocycles. The number of rotatable bonds is 4. The van der Waals surface area contributed by atoms with Crippen LogP contribution in [0.5, 0.6) is 0 Å². The molecule has 1 rings (SSSR count). The van der Waals surface area contributed by atoms with E-state index < -0.39 is 9.84 Å². The average Bonchev–Trinajstić information content (AvgIpc) is 2.15. The summed E-state index contributed by atoms with van der Waals surface area (Å²) >= 11 is 0. The molecule has 4 heteroatoms. The van der Waals surface area contributed by atoms with Gasteiger partial charge in [0.1, 0.15) is 0 Å². The molecule has 0 aliphatic carbocycles. The molecular formula is C10H14O3S. The van der Waals surface area contributed by atoms with Crippen molar-refractivity contribution in [1.29, 1.82) is 0 Å². The molecule has 0 bridgehead atoms. The Morgan fingerprint density at radius 1 is 1.29 bits per heavy atom. The van der Waals surface area contributed by atoms with E-state index in [0.29, 0.717) is 4.90 Å².